The van der Waals surface area contributed by atoms with Crippen LogP contribution in [0.4, 0.5) is 0 Å². The number of hydrogen-bond donors (Lipinski definition) is 0. The molecular weight excluding hydrogens is 212 g/mol. The first-order valence-corrected chi connectivity index (χ1v) is 5.52. The van der Waals surface area contributed by atoms with Crippen molar-refractivity contribution in [2.75, 3.05) is 0 Å². The van der Waals surface area contributed by atoms with Gasteiger partial charge in [-0.25, -0.2) is 0 Å². The van der Waals surface area contributed by atoms with Gasteiger partial charge in [-0.1, -0.05) is 48.5 Å². The molecule has 0 spiro atoms. The first kappa shape index (κ1) is 9.97. The van der Waals surface area contributed by atoms with Crippen LogP contribution in [0.15, 0.2) is 48.5 Å². The van der Waals surface area contributed by atoms with Gasteiger partial charge in [0, 0.05) is 23.1 Å². The Kier molecular flexibility index (Phi) is 2.15. The maximum atomic E-state index is 12.3. The maximum absolute atomic E-state index is 12.3. The molecule has 0 unspecified atom stereocenters. The van der Waals surface area contributed by atoms with E-state index in [0.717, 1.165) is 5.56 Å². The normalized spacial score (nSPS) is 13.9. The smallest absolute Gasteiger partial charge is 0.194 e. The Bertz CT molecular complexity index is 626. The molecule has 82 valence electrons. The Morgan fingerprint density at radius 2 is 1.29 bits per heavy atom. The second kappa shape index (κ2) is 3.67. The first-order valence-electron chi connectivity index (χ1n) is 5.52. The predicted molar refractivity (Wildman–Crippen MR) is 64.4 cm³/mol. The van der Waals surface area contributed by atoms with Gasteiger partial charge in [0.05, 0.1) is 0 Å². The van der Waals surface area contributed by atoms with Crippen LogP contribution in [0.5, 0.6) is 0 Å². The summed E-state index contributed by atoms with van der Waals surface area (Å²) >= 11 is 0. The number of Topliss-reactive ketones (excluding diaryl/α,β-unsaturated/α-hetero) is 1. The minimum atomic E-state index is -0.0537. The van der Waals surface area contributed by atoms with Gasteiger partial charge in [-0.05, 0) is 5.56 Å². The number of carbonyl (C=O) groups is 2. The van der Waals surface area contributed by atoms with E-state index in [9.17, 15) is 9.59 Å². The highest BCUT2D eigenvalue weighted by atomic mass is 16.1. The fraction of sp³-hybridized carbons (Fsp3) is 0.0667. The summed E-state index contributed by atoms with van der Waals surface area (Å²) in [6.07, 6.45) is 0.304. The average molecular weight is 222 g/mol. The lowest BCUT2D eigenvalue weighted by molar-refractivity contribution is 0.0985. The molecule has 0 aliphatic heterocycles. The average Bonchev–Trinajstić information content (AvgIpc) is 2.48. The van der Waals surface area contributed by atoms with Crippen LogP contribution >= 0.6 is 0 Å². The van der Waals surface area contributed by atoms with Gasteiger partial charge in [-0.3, -0.25) is 9.59 Å². The zero-order valence-corrected chi connectivity index (χ0v) is 9.14. The van der Waals surface area contributed by atoms with Crippen LogP contribution in [0, 0.1) is 0 Å². The minimum Gasteiger partial charge on any atom is -0.294 e. The van der Waals surface area contributed by atoms with Crippen molar-refractivity contribution in [3.8, 4) is 0 Å². The van der Waals surface area contributed by atoms with Crippen LogP contribution in [0.25, 0.3) is 0 Å². The van der Waals surface area contributed by atoms with Crippen molar-refractivity contribution in [1.82, 2.24) is 0 Å². The topological polar surface area (TPSA) is 34.1 Å². The van der Waals surface area contributed by atoms with E-state index in [4.69, 9.17) is 0 Å². The van der Waals surface area contributed by atoms with Gasteiger partial charge < -0.3 is 0 Å². The molecule has 0 atom stereocenters. The summed E-state index contributed by atoms with van der Waals surface area (Å²) in [5.74, 6) is -0.0408. The SMILES string of the molecule is O=C1Cc2ccccc2C(=O)c2ccccc21. The van der Waals surface area contributed by atoms with Gasteiger partial charge in [0.2, 0.25) is 0 Å². The maximum Gasteiger partial charge on any atom is 0.194 e. The third-order valence-corrected chi connectivity index (χ3v) is 3.09. The monoisotopic (exact) mass is 222 g/mol. The Hall–Kier alpha value is -2.22. The molecule has 0 aromatic heterocycles. The molecule has 0 radical (unpaired) electrons. The van der Waals surface area contributed by atoms with E-state index in [1.807, 2.05) is 18.2 Å². The summed E-state index contributed by atoms with van der Waals surface area (Å²) < 4.78 is 0. The van der Waals surface area contributed by atoms with Crippen LogP contribution in [-0.4, -0.2) is 11.6 Å². The highest BCUT2D eigenvalue weighted by Crippen LogP contribution is 2.23. The van der Waals surface area contributed by atoms with E-state index in [0.29, 0.717) is 23.1 Å². The number of benzene rings is 2. The standard InChI is InChI=1S/C15H10O2/c16-14-9-10-5-1-2-6-11(10)15(17)13-8-4-3-7-12(13)14/h1-8H,9H2. The third-order valence-electron chi connectivity index (χ3n) is 3.09. The van der Waals surface area contributed by atoms with E-state index in [1.165, 1.54) is 0 Å². The Morgan fingerprint density at radius 3 is 2.06 bits per heavy atom. The summed E-state index contributed by atoms with van der Waals surface area (Å²) in [4.78, 5) is 24.4. The highest BCUT2D eigenvalue weighted by molar-refractivity contribution is 6.19. The molecule has 0 N–H and O–H groups in total. The van der Waals surface area contributed by atoms with Crippen molar-refractivity contribution in [1.29, 1.82) is 0 Å². The van der Waals surface area contributed by atoms with Crippen molar-refractivity contribution in [2.45, 2.75) is 6.42 Å². The number of carbonyl (C=O) groups excluding carboxylic acids is 2. The van der Waals surface area contributed by atoms with Crippen LogP contribution < -0.4 is 0 Å². The quantitative estimate of drug-likeness (QED) is 0.686. The van der Waals surface area contributed by atoms with Gasteiger partial charge >= 0.3 is 0 Å². The predicted octanol–water partition coefficient (Wildman–Crippen LogP) is 2.66. The van der Waals surface area contributed by atoms with Gasteiger partial charge in [-0.15, -0.1) is 0 Å². The Morgan fingerprint density at radius 1 is 0.706 bits per heavy atom. The van der Waals surface area contributed by atoms with Gasteiger partial charge in [0.25, 0.3) is 0 Å². The summed E-state index contributed by atoms with van der Waals surface area (Å²) in [7, 11) is 0. The molecule has 0 saturated heterocycles. The molecule has 0 amide bonds. The van der Waals surface area contributed by atoms with E-state index in [2.05, 4.69) is 0 Å². The largest absolute Gasteiger partial charge is 0.294 e. The van der Waals surface area contributed by atoms with Crippen LogP contribution in [0.1, 0.15) is 31.8 Å². The molecule has 1 aliphatic rings. The molecule has 0 fully saturated rings. The molecule has 0 saturated carbocycles. The molecule has 17 heavy (non-hydrogen) atoms. The Labute approximate surface area is 98.9 Å². The molecule has 2 nitrogen and oxygen atoms in total. The second-order valence-electron chi connectivity index (χ2n) is 4.13. The van der Waals surface area contributed by atoms with Crippen molar-refractivity contribution >= 4 is 11.6 Å². The molecule has 1 aliphatic carbocycles. The molecule has 2 aromatic rings. The van der Waals surface area contributed by atoms with E-state index >= 15 is 0 Å². The number of ketones is 2. The van der Waals surface area contributed by atoms with Crippen molar-refractivity contribution in [3.63, 3.8) is 0 Å². The van der Waals surface area contributed by atoms with Crippen LogP contribution in [0.2, 0.25) is 0 Å². The van der Waals surface area contributed by atoms with E-state index < -0.39 is 0 Å². The first-order chi connectivity index (χ1) is 8.27. The lowest BCUT2D eigenvalue weighted by Gasteiger charge is -2.03. The number of fused-ring (bicyclic) bond motifs is 2. The molecule has 0 heterocycles. The zero-order chi connectivity index (χ0) is 11.8. The Balaban J connectivity index is 2.30. The van der Waals surface area contributed by atoms with Gasteiger partial charge in [-0.2, -0.15) is 0 Å². The third kappa shape index (κ3) is 1.49. The van der Waals surface area contributed by atoms with Gasteiger partial charge in [0.1, 0.15) is 0 Å². The fourth-order valence-electron chi connectivity index (χ4n) is 2.23. The van der Waals surface area contributed by atoms with E-state index in [-0.39, 0.29) is 11.6 Å². The van der Waals surface area contributed by atoms with Crippen molar-refractivity contribution in [2.24, 2.45) is 0 Å². The summed E-state index contributed by atoms with van der Waals surface area (Å²) in [5, 5.41) is 0. The summed E-state index contributed by atoms with van der Waals surface area (Å²) in [5.41, 5.74) is 2.51. The number of hydrogen-bond acceptors (Lipinski definition) is 2. The van der Waals surface area contributed by atoms with E-state index in [1.54, 1.807) is 30.3 Å². The van der Waals surface area contributed by atoms with Crippen molar-refractivity contribution in [3.05, 3.63) is 70.8 Å². The highest BCUT2D eigenvalue weighted by Gasteiger charge is 2.24. The lowest BCUT2D eigenvalue weighted by Crippen LogP contribution is -2.05. The van der Waals surface area contributed by atoms with Crippen molar-refractivity contribution < 1.29 is 9.59 Å². The van der Waals surface area contributed by atoms with Gasteiger partial charge in [0.15, 0.2) is 11.6 Å². The zero-order valence-electron chi connectivity index (χ0n) is 9.14. The molecule has 3 rings (SSSR count). The molecule has 0 bridgehead atoms. The van der Waals surface area contributed by atoms with Crippen LogP contribution in [-0.2, 0) is 6.42 Å². The van der Waals surface area contributed by atoms with Crippen LogP contribution in [0.3, 0.4) is 0 Å². The summed E-state index contributed by atoms with van der Waals surface area (Å²) in [6.45, 7) is 0. The fourth-order valence-corrected chi connectivity index (χ4v) is 2.23. The second-order valence-corrected chi connectivity index (χ2v) is 4.13. The molecule has 2 heteroatoms. The molecule has 2 aromatic carbocycles. The minimum absolute atomic E-state index is 0.0129. The lowest BCUT2D eigenvalue weighted by atomic mass is 9.99. The summed E-state index contributed by atoms with van der Waals surface area (Å²) in [6, 6.07) is 14.3. The molecular formula is C15H10O2. The number of rotatable bonds is 0.